The molecule has 0 bridgehead atoms. The van der Waals surface area contributed by atoms with Gasteiger partial charge in [0, 0.05) is 22.8 Å². The van der Waals surface area contributed by atoms with Crippen molar-refractivity contribution in [2.45, 2.75) is 6.42 Å². The van der Waals surface area contributed by atoms with Gasteiger partial charge in [0.25, 0.3) is 0 Å². The molecule has 0 amide bonds. The molecule has 0 N–H and O–H groups in total. The van der Waals surface area contributed by atoms with Gasteiger partial charge in [-0.1, -0.05) is 0 Å². The lowest BCUT2D eigenvalue weighted by molar-refractivity contribution is 0.626. The van der Waals surface area contributed by atoms with Gasteiger partial charge in [-0.3, -0.25) is 4.57 Å². The molecule has 0 aliphatic rings. The third-order valence-electron chi connectivity index (χ3n) is 3.15. The Morgan fingerprint density at radius 3 is 2.57 bits per heavy atom. The van der Waals surface area contributed by atoms with Crippen molar-refractivity contribution in [3.05, 3.63) is 58.3 Å². The number of hydrogen-bond donors (Lipinski definition) is 0. The van der Waals surface area contributed by atoms with Gasteiger partial charge < -0.3 is 0 Å². The number of alkyl halides is 1. The molecular formula is C15H10BrClF2N2. The van der Waals surface area contributed by atoms with Crippen LogP contribution in [0.3, 0.4) is 0 Å². The molecule has 1 aromatic heterocycles. The second-order valence-electron chi connectivity index (χ2n) is 4.53. The summed E-state index contributed by atoms with van der Waals surface area (Å²) in [5.41, 5.74) is 1.85. The molecule has 0 radical (unpaired) electrons. The number of imidazole rings is 1. The number of halogens is 4. The molecule has 108 valence electrons. The molecule has 1 heterocycles. The van der Waals surface area contributed by atoms with Crippen molar-refractivity contribution in [3.63, 3.8) is 0 Å². The van der Waals surface area contributed by atoms with Crippen LogP contribution in [0.4, 0.5) is 8.78 Å². The number of fused-ring (bicyclic) bond motifs is 1. The Labute approximate surface area is 133 Å². The quantitative estimate of drug-likeness (QED) is 0.602. The van der Waals surface area contributed by atoms with Crippen molar-refractivity contribution < 1.29 is 8.78 Å². The summed E-state index contributed by atoms with van der Waals surface area (Å²) in [5, 5.41) is 0. The molecule has 2 nitrogen and oxygen atoms in total. The number of aromatic nitrogens is 2. The third-order valence-corrected chi connectivity index (χ3v) is 4.01. The molecule has 0 saturated carbocycles. The van der Waals surface area contributed by atoms with Gasteiger partial charge in [-0.2, -0.15) is 0 Å². The van der Waals surface area contributed by atoms with Crippen molar-refractivity contribution in [3.8, 4) is 5.69 Å². The van der Waals surface area contributed by atoms with Gasteiger partial charge in [-0.15, -0.1) is 11.6 Å². The van der Waals surface area contributed by atoms with Crippen molar-refractivity contribution in [1.29, 1.82) is 0 Å². The monoisotopic (exact) mass is 370 g/mol. The zero-order chi connectivity index (χ0) is 15.0. The fraction of sp³-hybridized carbons (Fsp3) is 0.133. The van der Waals surface area contributed by atoms with Crippen LogP contribution < -0.4 is 0 Å². The first-order valence-electron chi connectivity index (χ1n) is 6.28. The van der Waals surface area contributed by atoms with Crippen LogP contribution in [0.5, 0.6) is 0 Å². The highest BCUT2D eigenvalue weighted by molar-refractivity contribution is 9.10. The Kier molecular flexibility index (Phi) is 3.95. The summed E-state index contributed by atoms with van der Waals surface area (Å²) in [7, 11) is 0. The Morgan fingerprint density at radius 1 is 1.10 bits per heavy atom. The molecule has 0 spiro atoms. The van der Waals surface area contributed by atoms with Gasteiger partial charge in [-0.25, -0.2) is 13.8 Å². The second-order valence-corrected chi connectivity index (χ2v) is 5.76. The van der Waals surface area contributed by atoms with Crippen molar-refractivity contribution >= 4 is 38.6 Å². The molecule has 0 atom stereocenters. The SMILES string of the molecule is Fc1ccc(Br)c(-n2c(CCCl)nc3cc(F)ccc32)c1. The van der Waals surface area contributed by atoms with E-state index in [1.807, 2.05) is 0 Å². The lowest BCUT2D eigenvalue weighted by atomic mass is 10.2. The molecule has 3 aromatic rings. The number of hydrogen-bond acceptors (Lipinski definition) is 1. The standard InChI is InChI=1S/C15H10BrClF2N2/c16-11-3-1-10(19)8-14(11)21-13-4-2-9(18)7-12(13)20-15(21)5-6-17/h1-4,7-8H,5-6H2. The summed E-state index contributed by atoms with van der Waals surface area (Å²) in [4.78, 5) is 4.41. The van der Waals surface area contributed by atoms with Crippen LogP contribution in [0.2, 0.25) is 0 Å². The van der Waals surface area contributed by atoms with Crippen LogP contribution in [-0.4, -0.2) is 15.4 Å². The Hall–Kier alpha value is -1.46. The highest BCUT2D eigenvalue weighted by atomic mass is 79.9. The first kappa shape index (κ1) is 14.5. The maximum absolute atomic E-state index is 13.6. The van der Waals surface area contributed by atoms with Crippen LogP contribution in [0.25, 0.3) is 16.7 Å². The predicted molar refractivity (Wildman–Crippen MR) is 83.1 cm³/mol. The molecule has 3 rings (SSSR count). The first-order valence-corrected chi connectivity index (χ1v) is 7.61. The van der Waals surface area contributed by atoms with Crippen LogP contribution >= 0.6 is 27.5 Å². The highest BCUT2D eigenvalue weighted by Gasteiger charge is 2.15. The molecule has 0 aliphatic carbocycles. The van der Waals surface area contributed by atoms with E-state index in [1.54, 1.807) is 16.7 Å². The van der Waals surface area contributed by atoms with Crippen molar-refractivity contribution in [1.82, 2.24) is 9.55 Å². The van der Waals surface area contributed by atoms with Crippen LogP contribution in [0.1, 0.15) is 5.82 Å². The lowest BCUT2D eigenvalue weighted by Gasteiger charge is -2.11. The fourth-order valence-electron chi connectivity index (χ4n) is 2.28. The summed E-state index contributed by atoms with van der Waals surface area (Å²) < 4.78 is 29.5. The topological polar surface area (TPSA) is 17.8 Å². The number of nitrogens with zero attached hydrogens (tertiary/aromatic N) is 2. The van der Waals surface area contributed by atoms with E-state index in [2.05, 4.69) is 20.9 Å². The van der Waals surface area contributed by atoms with Crippen LogP contribution in [0, 0.1) is 11.6 Å². The third kappa shape index (κ3) is 2.68. The summed E-state index contributed by atoms with van der Waals surface area (Å²) in [5.74, 6) is 0.326. The molecule has 0 unspecified atom stereocenters. The summed E-state index contributed by atoms with van der Waals surface area (Å²) in [6.45, 7) is 0. The van der Waals surface area contributed by atoms with E-state index in [0.29, 0.717) is 34.8 Å². The molecule has 2 aromatic carbocycles. The fourth-order valence-corrected chi connectivity index (χ4v) is 2.87. The summed E-state index contributed by atoms with van der Waals surface area (Å²) >= 11 is 9.23. The van der Waals surface area contributed by atoms with E-state index in [9.17, 15) is 8.78 Å². The Bertz CT molecular complexity index is 817. The van der Waals surface area contributed by atoms with Gasteiger partial charge >= 0.3 is 0 Å². The zero-order valence-electron chi connectivity index (χ0n) is 10.8. The average molecular weight is 372 g/mol. The lowest BCUT2D eigenvalue weighted by Crippen LogP contribution is -2.03. The van der Waals surface area contributed by atoms with Crippen LogP contribution in [-0.2, 0) is 6.42 Å². The van der Waals surface area contributed by atoms with Gasteiger partial charge in [0.05, 0.1) is 16.7 Å². The number of benzene rings is 2. The zero-order valence-corrected chi connectivity index (χ0v) is 13.1. The minimum Gasteiger partial charge on any atom is -0.295 e. The molecule has 6 heteroatoms. The minimum absolute atomic E-state index is 0.353. The minimum atomic E-state index is -0.358. The average Bonchev–Trinajstić information content (AvgIpc) is 2.79. The van der Waals surface area contributed by atoms with E-state index in [-0.39, 0.29) is 11.6 Å². The van der Waals surface area contributed by atoms with Gasteiger partial charge in [0.15, 0.2) is 0 Å². The van der Waals surface area contributed by atoms with E-state index < -0.39 is 0 Å². The van der Waals surface area contributed by atoms with Gasteiger partial charge in [0.1, 0.15) is 17.5 Å². The molecule has 0 fully saturated rings. The highest BCUT2D eigenvalue weighted by Crippen LogP contribution is 2.28. The summed E-state index contributed by atoms with van der Waals surface area (Å²) in [6, 6.07) is 8.76. The normalized spacial score (nSPS) is 11.2. The first-order chi connectivity index (χ1) is 10.1. The van der Waals surface area contributed by atoms with E-state index >= 15 is 0 Å². The maximum Gasteiger partial charge on any atom is 0.125 e. The largest absolute Gasteiger partial charge is 0.295 e. The molecule has 21 heavy (non-hydrogen) atoms. The number of rotatable bonds is 3. The Balaban J connectivity index is 2.33. The predicted octanol–water partition coefficient (Wildman–Crippen LogP) is 4.85. The van der Waals surface area contributed by atoms with Crippen LogP contribution in [0.15, 0.2) is 40.9 Å². The maximum atomic E-state index is 13.6. The van der Waals surface area contributed by atoms with E-state index in [4.69, 9.17) is 11.6 Å². The number of aryl methyl sites for hydroxylation is 1. The van der Waals surface area contributed by atoms with E-state index in [1.165, 1.54) is 24.3 Å². The van der Waals surface area contributed by atoms with Gasteiger partial charge in [-0.05, 0) is 46.3 Å². The summed E-state index contributed by atoms with van der Waals surface area (Å²) in [6.07, 6.45) is 0.501. The Morgan fingerprint density at radius 2 is 1.81 bits per heavy atom. The van der Waals surface area contributed by atoms with E-state index in [0.717, 1.165) is 4.47 Å². The molecule has 0 aliphatic heterocycles. The van der Waals surface area contributed by atoms with Crippen molar-refractivity contribution in [2.75, 3.05) is 5.88 Å². The molecular weight excluding hydrogens is 362 g/mol. The van der Waals surface area contributed by atoms with Crippen molar-refractivity contribution in [2.24, 2.45) is 0 Å². The smallest absolute Gasteiger partial charge is 0.125 e. The second kappa shape index (κ2) is 5.73. The molecule has 0 saturated heterocycles. The van der Waals surface area contributed by atoms with Gasteiger partial charge in [0.2, 0.25) is 0 Å².